The molecule has 0 aromatic heterocycles. The Hall–Kier alpha value is -0.510. The number of nitrogens with zero attached hydrogens (tertiary/aromatic N) is 3. The summed E-state index contributed by atoms with van der Waals surface area (Å²) in [5, 5.41) is 6.80. The summed E-state index contributed by atoms with van der Waals surface area (Å²) in [5.41, 5.74) is 2.77. The van der Waals surface area contributed by atoms with Gasteiger partial charge < -0.3 is 15.5 Å². The van der Waals surface area contributed by atoms with Gasteiger partial charge in [-0.15, -0.1) is 24.0 Å². The van der Waals surface area contributed by atoms with E-state index in [1.54, 1.807) is 0 Å². The molecule has 26 heavy (non-hydrogen) atoms. The zero-order chi connectivity index (χ0) is 17.9. The van der Waals surface area contributed by atoms with Gasteiger partial charge in [-0.1, -0.05) is 31.2 Å². The quantitative estimate of drug-likeness (QED) is 0.253. The largest absolute Gasteiger partial charge is 0.356 e. The van der Waals surface area contributed by atoms with Crippen molar-refractivity contribution in [1.29, 1.82) is 0 Å². The van der Waals surface area contributed by atoms with Gasteiger partial charge in [0.15, 0.2) is 5.96 Å². The summed E-state index contributed by atoms with van der Waals surface area (Å²) in [4.78, 5) is 9.40. The van der Waals surface area contributed by atoms with Crippen LogP contribution in [0.1, 0.15) is 18.1 Å². The van der Waals surface area contributed by atoms with E-state index in [4.69, 9.17) is 0 Å². The van der Waals surface area contributed by atoms with Gasteiger partial charge in [0, 0.05) is 58.6 Å². The van der Waals surface area contributed by atoms with E-state index < -0.39 is 0 Å². The molecule has 5 nitrogen and oxygen atoms in total. The minimum atomic E-state index is 0. The highest BCUT2D eigenvalue weighted by molar-refractivity contribution is 14.0. The van der Waals surface area contributed by atoms with Crippen LogP contribution in [-0.4, -0.2) is 74.1 Å². The van der Waals surface area contributed by atoms with Crippen molar-refractivity contribution in [2.24, 2.45) is 4.99 Å². The summed E-state index contributed by atoms with van der Waals surface area (Å²) < 4.78 is 0. The Kier molecular flexibility index (Phi) is 12.3. The molecule has 1 aliphatic heterocycles. The monoisotopic (exact) mass is 491 g/mol. The predicted molar refractivity (Wildman–Crippen MR) is 126 cm³/mol. The number of guanidine groups is 1. The minimum Gasteiger partial charge on any atom is -0.356 e. The predicted octanol–water partition coefficient (Wildman–Crippen LogP) is 2.47. The summed E-state index contributed by atoms with van der Waals surface area (Å²) >= 11 is 1.84. The maximum Gasteiger partial charge on any atom is 0.191 e. The number of halogens is 1. The fourth-order valence-corrected chi connectivity index (χ4v) is 3.37. The van der Waals surface area contributed by atoms with Crippen LogP contribution in [0.25, 0.3) is 0 Å². The molecule has 7 heteroatoms. The van der Waals surface area contributed by atoms with Crippen LogP contribution in [-0.2, 0) is 13.1 Å². The molecule has 0 unspecified atom stereocenters. The first kappa shape index (κ1) is 23.5. The first-order valence-electron chi connectivity index (χ1n) is 9.21. The van der Waals surface area contributed by atoms with Crippen LogP contribution in [0.2, 0.25) is 0 Å². The highest BCUT2D eigenvalue weighted by Gasteiger charge is 2.16. The van der Waals surface area contributed by atoms with Gasteiger partial charge in [0.2, 0.25) is 0 Å². The van der Waals surface area contributed by atoms with Crippen molar-refractivity contribution >= 4 is 41.7 Å². The van der Waals surface area contributed by atoms with Gasteiger partial charge in [0.05, 0.1) is 0 Å². The van der Waals surface area contributed by atoms with Crippen LogP contribution in [0, 0.1) is 0 Å². The Morgan fingerprint density at radius 1 is 1.08 bits per heavy atom. The molecule has 1 aliphatic rings. The summed E-state index contributed by atoms with van der Waals surface area (Å²) in [6.07, 6.45) is 2.12. The Balaban J connectivity index is 0.00000338. The number of benzene rings is 1. The van der Waals surface area contributed by atoms with Gasteiger partial charge in [-0.2, -0.15) is 11.8 Å². The number of hydrogen-bond donors (Lipinski definition) is 2. The van der Waals surface area contributed by atoms with E-state index in [1.807, 2.05) is 18.8 Å². The number of thioether (sulfide) groups is 1. The fraction of sp³-hybridized carbons (Fsp3) is 0.632. The third-order valence-electron chi connectivity index (χ3n) is 4.69. The van der Waals surface area contributed by atoms with Crippen LogP contribution in [0.15, 0.2) is 29.3 Å². The average molecular weight is 491 g/mol. The first-order valence-corrected chi connectivity index (χ1v) is 10.6. The zero-order valence-electron chi connectivity index (χ0n) is 16.3. The molecule has 2 rings (SSSR count). The molecule has 1 saturated heterocycles. The second kappa shape index (κ2) is 13.6. The van der Waals surface area contributed by atoms with E-state index in [0.717, 1.165) is 51.0 Å². The van der Waals surface area contributed by atoms with E-state index in [9.17, 15) is 0 Å². The third-order valence-corrected chi connectivity index (χ3v) is 5.31. The number of nitrogens with one attached hydrogen (secondary N) is 2. The van der Waals surface area contributed by atoms with Crippen LogP contribution < -0.4 is 10.6 Å². The highest BCUT2D eigenvalue weighted by Crippen LogP contribution is 2.13. The molecule has 2 N–H and O–H groups in total. The molecule has 1 heterocycles. The second-order valence-corrected chi connectivity index (χ2v) is 7.31. The molecule has 1 aromatic carbocycles. The average Bonchev–Trinajstić information content (AvgIpc) is 2.66. The normalized spacial score (nSPS) is 16.2. The minimum absolute atomic E-state index is 0. The Bertz CT molecular complexity index is 532. The number of hydrogen-bond acceptors (Lipinski definition) is 4. The SMILES string of the molecule is CCN1CCN(Cc2ccccc2CNC(=NC)NCCSC)CC1.I. The molecule has 1 fully saturated rings. The van der Waals surface area contributed by atoms with E-state index >= 15 is 0 Å². The lowest BCUT2D eigenvalue weighted by molar-refractivity contribution is 0.131. The van der Waals surface area contributed by atoms with E-state index in [0.29, 0.717) is 0 Å². The van der Waals surface area contributed by atoms with Crippen molar-refractivity contribution < 1.29 is 0 Å². The van der Waals surface area contributed by atoms with Gasteiger partial charge >= 0.3 is 0 Å². The summed E-state index contributed by atoms with van der Waals surface area (Å²) in [6.45, 7) is 10.9. The lowest BCUT2D eigenvalue weighted by Gasteiger charge is -2.34. The number of rotatable bonds is 8. The maximum absolute atomic E-state index is 4.31. The molecule has 0 bridgehead atoms. The molecule has 0 aliphatic carbocycles. The molecule has 148 valence electrons. The number of piperazine rings is 1. The van der Waals surface area contributed by atoms with Crippen LogP contribution >= 0.6 is 35.7 Å². The van der Waals surface area contributed by atoms with Gasteiger partial charge in [-0.05, 0) is 23.9 Å². The van der Waals surface area contributed by atoms with Gasteiger partial charge in [0.1, 0.15) is 0 Å². The summed E-state index contributed by atoms with van der Waals surface area (Å²) in [7, 11) is 1.83. The summed E-state index contributed by atoms with van der Waals surface area (Å²) in [5.74, 6) is 1.96. The molecule has 0 saturated carbocycles. The Morgan fingerprint density at radius 3 is 2.35 bits per heavy atom. The third kappa shape index (κ3) is 8.02. The van der Waals surface area contributed by atoms with E-state index in [1.165, 1.54) is 24.2 Å². The molecule has 1 aromatic rings. The molecular weight excluding hydrogens is 457 g/mol. The van der Waals surface area contributed by atoms with Crippen LogP contribution in [0.5, 0.6) is 0 Å². The van der Waals surface area contributed by atoms with Crippen molar-refractivity contribution in [1.82, 2.24) is 20.4 Å². The molecule has 0 amide bonds. The zero-order valence-corrected chi connectivity index (χ0v) is 19.5. The highest BCUT2D eigenvalue weighted by atomic mass is 127. The molecule has 0 atom stereocenters. The number of aliphatic imine (C=N–C) groups is 1. The van der Waals surface area contributed by atoms with Crippen molar-refractivity contribution in [2.45, 2.75) is 20.0 Å². The molecular formula is C19H34IN5S. The topological polar surface area (TPSA) is 42.9 Å². The first-order chi connectivity index (χ1) is 12.3. The van der Waals surface area contributed by atoms with Gasteiger partial charge in [0.25, 0.3) is 0 Å². The lowest BCUT2D eigenvalue weighted by atomic mass is 10.1. The lowest BCUT2D eigenvalue weighted by Crippen LogP contribution is -2.45. The summed E-state index contributed by atoms with van der Waals surface area (Å²) in [6, 6.07) is 8.75. The maximum atomic E-state index is 4.31. The van der Waals surface area contributed by atoms with Crippen LogP contribution in [0.4, 0.5) is 0 Å². The van der Waals surface area contributed by atoms with Gasteiger partial charge in [-0.3, -0.25) is 9.89 Å². The van der Waals surface area contributed by atoms with E-state index in [-0.39, 0.29) is 24.0 Å². The Labute approximate surface area is 180 Å². The van der Waals surface area contributed by atoms with Crippen molar-refractivity contribution in [3.63, 3.8) is 0 Å². The molecule has 0 radical (unpaired) electrons. The van der Waals surface area contributed by atoms with Crippen molar-refractivity contribution in [3.8, 4) is 0 Å². The van der Waals surface area contributed by atoms with Crippen molar-refractivity contribution in [2.75, 3.05) is 58.3 Å². The molecule has 0 spiro atoms. The van der Waals surface area contributed by atoms with Crippen molar-refractivity contribution in [3.05, 3.63) is 35.4 Å². The van der Waals surface area contributed by atoms with Crippen LogP contribution in [0.3, 0.4) is 0 Å². The smallest absolute Gasteiger partial charge is 0.191 e. The second-order valence-electron chi connectivity index (χ2n) is 6.32. The standard InChI is InChI=1S/C19H33N5S.HI/c1-4-23-10-12-24(13-11-23)16-18-8-6-5-7-17(18)15-22-19(20-2)21-9-14-25-3;/h5-8H,4,9-16H2,1-3H3,(H2,20,21,22);1H. The fourth-order valence-electron chi connectivity index (χ4n) is 3.06. The van der Waals surface area contributed by atoms with Gasteiger partial charge in [-0.25, -0.2) is 0 Å². The number of likely N-dealkylation sites (N-methyl/N-ethyl adjacent to an activating group) is 1. The Morgan fingerprint density at radius 2 is 1.73 bits per heavy atom. The van der Waals surface area contributed by atoms with E-state index in [2.05, 4.69) is 62.9 Å².